The third-order valence-electron chi connectivity index (χ3n) is 5.45. The zero-order valence-corrected chi connectivity index (χ0v) is 18.1. The van der Waals surface area contributed by atoms with Crippen molar-refractivity contribution in [2.45, 2.75) is 17.7 Å². The van der Waals surface area contributed by atoms with E-state index in [1.54, 1.807) is 12.1 Å². The number of nitrogens with zero attached hydrogens (tertiary/aromatic N) is 2. The number of nitrogens with one attached hydrogen (secondary N) is 1. The molecular weight excluding hydrogens is 464 g/mol. The molecule has 0 bridgehead atoms. The van der Waals surface area contributed by atoms with Gasteiger partial charge >= 0.3 is 0 Å². The van der Waals surface area contributed by atoms with Gasteiger partial charge in [-0.25, -0.2) is 22.2 Å². The second-order valence-electron chi connectivity index (χ2n) is 7.43. The summed E-state index contributed by atoms with van der Waals surface area (Å²) in [5.41, 5.74) is 0.674. The molecule has 0 radical (unpaired) electrons. The van der Waals surface area contributed by atoms with E-state index in [0.29, 0.717) is 28.2 Å². The Morgan fingerprint density at radius 3 is 2.59 bits per heavy atom. The second-order valence-corrected chi connectivity index (χ2v) is 10.4. The first-order chi connectivity index (χ1) is 15.3. The smallest absolute Gasteiger partial charge is 0.246 e. The number of hydrogen-bond acceptors (Lipinski definition) is 7. The van der Waals surface area contributed by atoms with Crippen molar-refractivity contribution in [3.05, 3.63) is 42.0 Å². The lowest BCUT2D eigenvalue weighted by Crippen LogP contribution is -2.41. The minimum atomic E-state index is -4.19. The summed E-state index contributed by atoms with van der Waals surface area (Å²) in [7, 11) is -4.19. The number of piperidine rings is 1. The van der Waals surface area contributed by atoms with Crippen molar-refractivity contribution in [2.75, 3.05) is 25.2 Å². The summed E-state index contributed by atoms with van der Waals surface area (Å²) in [5.74, 6) is -1.31. The molecule has 1 saturated heterocycles. The molecule has 168 valence electrons. The monoisotopic (exact) mass is 481 g/mol. The van der Waals surface area contributed by atoms with Crippen molar-refractivity contribution in [1.29, 1.82) is 0 Å². The van der Waals surface area contributed by atoms with Crippen molar-refractivity contribution in [3.8, 4) is 11.5 Å². The summed E-state index contributed by atoms with van der Waals surface area (Å²) in [5, 5.41) is 3.21. The van der Waals surface area contributed by atoms with Gasteiger partial charge in [-0.15, -0.1) is 0 Å². The van der Waals surface area contributed by atoms with Crippen molar-refractivity contribution < 1.29 is 31.5 Å². The van der Waals surface area contributed by atoms with Crippen LogP contribution >= 0.6 is 11.3 Å². The maximum Gasteiger partial charge on any atom is 0.246 e. The topological polar surface area (TPSA) is 97.8 Å². The van der Waals surface area contributed by atoms with Gasteiger partial charge in [-0.2, -0.15) is 4.31 Å². The quantitative estimate of drug-likeness (QED) is 0.614. The minimum Gasteiger partial charge on any atom is -0.454 e. The number of ether oxygens (including phenoxy) is 2. The normalized spacial score (nSPS) is 17.1. The number of halogens is 2. The minimum absolute atomic E-state index is 0.0254. The fourth-order valence-corrected chi connectivity index (χ4v) is 6.18. The van der Waals surface area contributed by atoms with E-state index in [4.69, 9.17) is 9.47 Å². The van der Waals surface area contributed by atoms with Crippen LogP contribution in [-0.4, -0.2) is 43.5 Å². The molecule has 5 rings (SSSR count). The summed E-state index contributed by atoms with van der Waals surface area (Å²) in [6, 6.07) is 5.87. The largest absolute Gasteiger partial charge is 0.454 e. The summed E-state index contributed by atoms with van der Waals surface area (Å²) >= 11 is 1.30. The van der Waals surface area contributed by atoms with Gasteiger partial charge in [0, 0.05) is 31.1 Å². The van der Waals surface area contributed by atoms with Gasteiger partial charge in [0.15, 0.2) is 16.6 Å². The van der Waals surface area contributed by atoms with Crippen LogP contribution in [0.5, 0.6) is 11.5 Å². The Bertz CT molecular complexity index is 1280. The molecule has 2 aliphatic rings. The molecule has 12 heteroatoms. The van der Waals surface area contributed by atoms with Crippen LogP contribution in [0.3, 0.4) is 0 Å². The Balaban J connectivity index is 1.25. The Labute approximate surface area is 185 Å². The number of rotatable bonds is 4. The summed E-state index contributed by atoms with van der Waals surface area (Å²) in [6.07, 6.45) is 0.506. The highest BCUT2D eigenvalue weighted by atomic mass is 32.2. The Hall–Kier alpha value is -2.83. The van der Waals surface area contributed by atoms with E-state index >= 15 is 0 Å². The molecule has 0 atom stereocenters. The third kappa shape index (κ3) is 3.78. The van der Waals surface area contributed by atoms with E-state index in [-0.39, 0.29) is 38.6 Å². The van der Waals surface area contributed by atoms with Crippen LogP contribution in [0.4, 0.5) is 13.9 Å². The van der Waals surface area contributed by atoms with Crippen LogP contribution in [0.25, 0.3) is 10.2 Å². The number of benzene rings is 2. The molecule has 1 fully saturated rings. The fraction of sp³-hybridized carbons (Fsp3) is 0.300. The van der Waals surface area contributed by atoms with E-state index in [9.17, 15) is 22.0 Å². The average molecular weight is 482 g/mol. The van der Waals surface area contributed by atoms with Crippen LogP contribution in [0, 0.1) is 17.6 Å². The summed E-state index contributed by atoms with van der Waals surface area (Å²) < 4.78 is 65.4. The van der Waals surface area contributed by atoms with Crippen LogP contribution in [0.1, 0.15) is 12.8 Å². The molecule has 0 saturated carbocycles. The van der Waals surface area contributed by atoms with Crippen molar-refractivity contribution in [3.63, 3.8) is 0 Å². The predicted molar refractivity (Wildman–Crippen MR) is 112 cm³/mol. The maximum absolute atomic E-state index is 14.0. The first kappa shape index (κ1) is 21.0. The number of sulfonamides is 1. The maximum atomic E-state index is 14.0. The van der Waals surface area contributed by atoms with E-state index < -0.39 is 32.5 Å². The number of aromatic nitrogens is 1. The van der Waals surface area contributed by atoms with Crippen molar-refractivity contribution >= 4 is 42.6 Å². The van der Waals surface area contributed by atoms with Crippen molar-refractivity contribution in [2.24, 2.45) is 5.92 Å². The number of carbonyl (C=O) groups is 1. The van der Waals surface area contributed by atoms with Gasteiger partial charge in [-0.3, -0.25) is 4.79 Å². The zero-order chi connectivity index (χ0) is 22.5. The second kappa shape index (κ2) is 7.94. The molecule has 1 amide bonds. The number of carbonyl (C=O) groups excluding carboxylic acids is 1. The molecule has 3 aromatic rings. The van der Waals surface area contributed by atoms with E-state index in [0.717, 1.165) is 21.1 Å². The van der Waals surface area contributed by atoms with Gasteiger partial charge in [0.1, 0.15) is 16.5 Å². The molecule has 8 nitrogen and oxygen atoms in total. The summed E-state index contributed by atoms with van der Waals surface area (Å²) in [6.45, 7) is 0.214. The van der Waals surface area contributed by atoms with Crippen LogP contribution in [-0.2, 0) is 14.8 Å². The van der Waals surface area contributed by atoms with Crippen LogP contribution in [0.2, 0.25) is 0 Å². The molecule has 3 heterocycles. The fourth-order valence-electron chi connectivity index (χ4n) is 3.75. The lowest BCUT2D eigenvalue weighted by atomic mass is 9.97. The Morgan fingerprint density at radius 2 is 1.84 bits per heavy atom. The standard InChI is InChI=1S/C20H17F2N3O5S2/c21-12-1-2-13(22)18(7-12)32(27,28)25-5-3-11(4-6-25)19(26)24-20-23-14-8-15-16(30-10-29-15)9-17(14)31-20/h1-2,7-9,11H,3-6,10H2,(H,23,24,26). The molecule has 2 aromatic carbocycles. The number of anilines is 1. The van der Waals surface area contributed by atoms with Gasteiger partial charge < -0.3 is 14.8 Å². The van der Waals surface area contributed by atoms with Gasteiger partial charge in [-0.05, 0) is 31.0 Å². The molecule has 1 aromatic heterocycles. The van der Waals surface area contributed by atoms with Crippen LogP contribution < -0.4 is 14.8 Å². The Morgan fingerprint density at radius 1 is 1.12 bits per heavy atom. The van der Waals surface area contributed by atoms with Gasteiger partial charge in [0.05, 0.1) is 10.2 Å². The highest BCUT2D eigenvalue weighted by Gasteiger charge is 2.34. The number of thiazole rings is 1. The first-order valence-corrected chi connectivity index (χ1v) is 12.0. The first-order valence-electron chi connectivity index (χ1n) is 9.77. The predicted octanol–water partition coefficient (Wildman–Crippen LogP) is 3.34. The average Bonchev–Trinajstić information content (AvgIpc) is 3.38. The molecular formula is C20H17F2N3O5S2. The molecule has 2 aliphatic heterocycles. The highest BCUT2D eigenvalue weighted by Crippen LogP contribution is 2.39. The SMILES string of the molecule is O=C(Nc1nc2cc3c(cc2s1)OCO3)C1CCN(S(=O)(=O)c2cc(F)ccc2F)CC1. The summed E-state index contributed by atoms with van der Waals surface area (Å²) in [4.78, 5) is 16.4. The lowest BCUT2D eigenvalue weighted by Gasteiger charge is -2.30. The van der Waals surface area contributed by atoms with E-state index in [1.807, 2.05) is 0 Å². The molecule has 32 heavy (non-hydrogen) atoms. The van der Waals surface area contributed by atoms with Gasteiger partial charge in [-0.1, -0.05) is 11.3 Å². The molecule has 1 N–H and O–H groups in total. The lowest BCUT2D eigenvalue weighted by molar-refractivity contribution is -0.120. The third-order valence-corrected chi connectivity index (χ3v) is 8.30. The number of hydrogen-bond donors (Lipinski definition) is 1. The molecule has 0 unspecified atom stereocenters. The number of fused-ring (bicyclic) bond motifs is 2. The van der Waals surface area contributed by atoms with Crippen molar-refractivity contribution in [1.82, 2.24) is 9.29 Å². The zero-order valence-electron chi connectivity index (χ0n) is 16.5. The molecule has 0 spiro atoms. The Kier molecular flexibility index (Phi) is 5.22. The van der Waals surface area contributed by atoms with E-state index in [1.165, 1.54) is 11.3 Å². The van der Waals surface area contributed by atoms with Gasteiger partial charge in [0.2, 0.25) is 22.7 Å². The van der Waals surface area contributed by atoms with Crippen LogP contribution in [0.15, 0.2) is 35.2 Å². The van der Waals surface area contributed by atoms with Gasteiger partial charge in [0.25, 0.3) is 0 Å². The van der Waals surface area contributed by atoms with E-state index in [2.05, 4.69) is 10.3 Å². The number of amides is 1. The highest BCUT2D eigenvalue weighted by molar-refractivity contribution is 7.89. The molecule has 0 aliphatic carbocycles.